The number of carbonyl (C=O) groups is 1. The number of nitrogens with zero attached hydrogens (tertiary/aromatic N) is 1. The van der Waals surface area contributed by atoms with E-state index in [-0.39, 0.29) is 0 Å². The van der Waals surface area contributed by atoms with Crippen molar-refractivity contribution in [3.63, 3.8) is 0 Å². The molecule has 0 radical (unpaired) electrons. The third-order valence-corrected chi connectivity index (χ3v) is 4.70. The number of hydrogen-bond donors (Lipinski definition) is 1. The summed E-state index contributed by atoms with van der Waals surface area (Å²) in [5, 5.41) is 3.41. The van der Waals surface area contributed by atoms with Gasteiger partial charge < -0.3 is 10.2 Å². The van der Waals surface area contributed by atoms with Gasteiger partial charge in [0, 0.05) is 25.6 Å². The molecule has 2 saturated heterocycles. The molecule has 2 aliphatic heterocycles. The highest BCUT2D eigenvalue weighted by Crippen LogP contribution is 2.28. The third kappa shape index (κ3) is 3.21. The summed E-state index contributed by atoms with van der Waals surface area (Å²) in [6.45, 7) is 2.92. The highest BCUT2D eigenvalue weighted by molar-refractivity contribution is 5.77. The van der Waals surface area contributed by atoms with Crippen molar-refractivity contribution in [1.82, 2.24) is 10.2 Å². The van der Waals surface area contributed by atoms with Crippen LogP contribution in [-0.4, -0.2) is 36.5 Å². The average Bonchev–Trinajstić information content (AvgIpc) is 3.01. The summed E-state index contributed by atoms with van der Waals surface area (Å²) in [6.07, 6.45) is 5.28. The fourth-order valence-electron chi connectivity index (χ4n) is 3.46. The van der Waals surface area contributed by atoms with E-state index in [9.17, 15) is 4.79 Å². The molecule has 1 atom stereocenters. The second kappa shape index (κ2) is 6.40. The van der Waals surface area contributed by atoms with E-state index >= 15 is 0 Å². The monoisotopic (exact) mass is 272 g/mol. The Balaban J connectivity index is 1.49. The van der Waals surface area contributed by atoms with E-state index in [4.69, 9.17) is 0 Å². The summed E-state index contributed by atoms with van der Waals surface area (Å²) in [7, 11) is 0. The predicted octanol–water partition coefficient (Wildman–Crippen LogP) is 2.53. The van der Waals surface area contributed by atoms with E-state index in [1.165, 1.54) is 12.0 Å². The first-order chi connectivity index (χ1) is 9.83. The van der Waals surface area contributed by atoms with Crippen LogP contribution in [0.2, 0.25) is 0 Å². The lowest BCUT2D eigenvalue weighted by molar-refractivity contribution is -0.132. The molecular weight excluding hydrogens is 248 g/mol. The number of likely N-dealkylation sites (tertiary alicyclic amines) is 1. The number of nitrogens with one attached hydrogen (secondary N) is 1. The molecule has 3 rings (SSSR count). The quantitative estimate of drug-likeness (QED) is 0.917. The van der Waals surface area contributed by atoms with Gasteiger partial charge in [-0.2, -0.15) is 0 Å². The maximum absolute atomic E-state index is 12.3. The maximum atomic E-state index is 12.3. The summed E-state index contributed by atoms with van der Waals surface area (Å²) >= 11 is 0. The summed E-state index contributed by atoms with van der Waals surface area (Å²) in [4.78, 5) is 14.4. The van der Waals surface area contributed by atoms with Gasteiger partial charge in [0.15, 0.2) is 0 Å². The smallest absolute Gasteiger partial charge is 0.224 e. The van der Waals surface area contributed by atoms with Crippen LogP contribution in [0.25, 0.3) is 0 Å². The van der Waals surface area contributed by atoms with Crippen LogP contribution in [0.3, 0.4) is 0 Å². The zero-order valence-electron chi connectivity index (χ0n) is 12.1. The van der Waals surface area contributed by atoms with E-state index in [1.54, 1.807) is 0 Å². The van der Waals surface area contributed by atoms with Crippen LogP contribution in [0.1, 0.15) is 43.6 Å². The minimum absolute atomic E-state index is 0.343. The highest BCUT2D eigenvalue weighted by atomic mass is 16.2. The largest absolute Gasteiger partial charge is 0.343 e. The van der Waals surface area contributed by atoms with Gasteiger partial charge in [0.1, 0.15) is 0 Å². The molecule has 20 heavy (non-hydrogen) atoms. The maximum Gasteiger partial charge on any atom is 0.224 e. The second-order valence-electron chi connectivity index (χ2n) is 6.06. The summed E-state index contributed by atoms with van der Waals surface area (Å²) in [5.74, 6) is 0.973. The molecule has 2 aliphatic rings. The Morgan fingerprint density at radius 3 is 2.55 bits per heavy atom. The Labute approximate surface area is 121 Å². The number of carbonyl (C=O) groups excluding carboxylic acids is 1. The van der Waals surface area contributed by atoms with Crippen molar-refractivity contribution in [2.45, 2.75) is 44.1 Å². The molecule has 1 unspecified atom stereocenters. The predicted molar refractivity (Wildman–Crippen MR) is 80.6 cm³/mol. The van der Waals surface area contributed by atoms with Crippen molar-refractivity contribution in [3.05, 3.63) is 35.9 Å². The van der Waals surface area contributed by atoms with Gasteiger partial charge in [-0.25, -0.2) is 0 Å². The SMILES string of the molecule is O=C(CC1CCCN1)N1CCC(c2ccccc2)CC1. The first kappa shape index (κ1) is 13.6. The number of benzene rings is 1. The van der Waals surface area contributed by atoms with E-state index in [1.807, 2.05) is 0 Å². The van der Waals surface area contributed by atoms with E-state index < -0.39 is 0 Å². The summed E-state index contributed by atoms with van der Waals surface area (Å²) in [5.41, 5.74) is 1.43. The van der Waals surface area contributed by atoms with E-state index in [0.717, 1.165) is 38.9 Å². The molecule has 0 aliphatic carbocycles. The first-order valence-corrected chi connectivity index (χ1v) is 7.89. The van der Waals surface area contributed by atoms with Crippen molar-refractivity contribution < 1.29 is 4.79 Å². The minimum Gasteiger partial charge on any atom is -0.343 e. The molecule has 3 heteroatoms. The molecule has 0 bridgehead atoms. The molecule has 3 nitrogen and oxygen atoms in total. The van der Waals surface area contributed by atoms with Gasteiger partial charge in [-0.1, -0.05) is 30.3 Å². The molecule has 1 aromatic rings. The van der Waals surface area contributed by atoms with Crippen LogP contribution in [0.4, 0.5) is 0 Å². The van der Waals surface area contributed by atoms with Crippen molar-refractivity contribution in [3.8, 4) is 0 Å². The zero-order valence-corrected chi connectivity index (χ0v) is 12.1. The molecule has 2 heterocycles. The molecule has 0 aromatic heterocycles. The molecular formula is C17H24N2O. The first-order valence-electron chi connectivity index (χ1n) is 7.89. The van der Waals surface area contributed by atoms with Gasteiger partial charge in [-0.15, -0.1) is 0 Å². The Hall–Kier alpha value is -1.35. The Morgan fingerprint density at radius 2 is 1.90 bits per heavy atom. The lowest BCUT2D eigenvalue weighted by Crippen LogP contribution is -2.40. The Morgan fingerprint density at radius 1 is 1.15 bits per heavy atom. The number of rotatable bonds is 3. The molecule has 108 valence electrons. The van der Waals surface area contributed by atoms with Gasteiger partial charge in [0.25, 0.3) is 0 Å². The normalized spacial score (nSPS) is 24.0. The fourth-order valence-corrected chi connectivity index (χ4v) is 3.46. The highest BCUT2D eigenvalue weighted by Gasteiger charge is 2.26. The number of piperidine rings is 1. The van der Waals surface area contributed by atoms with Crippen molar-refractivity contribution in [2.75, 3.05) is 19.6 Å². The lowest BCUT2D eigenvalue weighted by Gasteiger charge is -2.33. The number of amides is 1. The molecule has 1 N–H and O–H groups in total. The van der Waals surface area contributed by atoms with Crippen molar-refractivity contribution in [1.29, 1.82) is 0 Å². The Kier molecular flexibility index (Phi) is 4.36. The van der Waals surface area contributed by atoms with Gasteiger partial charge in [-0.05, 0) is 43.7 Å². The number of hydrogen-bond acceptors (Lipinski definition) is 2. The van der Waals surface area contributed by atoms with Crippen LogP contribution < -0.4 is 5.32 Å². The topological polar surface area (TPSA) is 32.3 Å². The van der Waals surface area contributed by atoms with Crippen molar-refractivity contribution in [2.24, 2.45) is 0 Å². The van der Waals surface area contributed by atoms with Gasteiger partial charge >= 0.3 is 0 Å². The molecule has 0 saturated carbocycles. The van der Waals surface area contributed by atoms with Crippen LogP contribution in [0.5, 0.6) is 0 Å². The summed E-state index contributed by atoms with van der Waals surface area (Å²) < 4.78 is 0. The Bertz CT molecular complexity index is 432. The molecule has 1 aromatic carbocycles. The van der Waals surface area contributed by atoms with Gasteiger partial charge in [0.2, 0.25) is 5.91 Å². The molecule has 0 spiro atoms. The zero-order chi connectivity index (χ0) is 13.8. The lowest BCUT2D eigenvalue weighted by atomic mass is 9.89. The second-order valence-corrected chi connectivity index (χ2v) is 6.06. The fraction of sp³-hybridized carbons (Fsp3) is 0.588. The van der Waals surface area contributed by atoms with Crippen molar-refractivity contribution >= 4 is 5.91 Å². The molecule has 2 fully saturated rings. The minimum atomic E-state index is 0.343. The van der Waals surface area contributed by atoms with Crippen LogP contribution in [-0.2, 0) is 4.79 Å². The van der Waals surface area contributed by atoms with Crippen LogP contribution in [0.15, 0.2) is 30.3 Å². The van der Waals surface area contributed by atoms with Crippen LogP contribution in [0, 0.1) is 0 Å². The standard InChI is InChI=1S/C17H24N2O/c20-17(13-16-7-4-10-18-16)19-11-8-15(9-12-19)14-5-2-1-3-6-14/h1-3,5-6,15-16,18H,4,7-13H2. The average molecular weight is 272 g/mol. The molecule has 1 amide bonds. The van der Waals surface area contributed by atoms with Gasteiger partial charge in [-0.3, -0.25) is 4.79 Å². The van der Waals surface area contributed by atoms with Gasteiger partial charge in [0.05, 0.1) is 0 Å². The van der Waals surface area contributed by atoms with Crippen LogP contribution >= 0.6 is 0 Å². The van der Waals surface area contributed by atoms with E-state index in [0.29, 0.717) is 24.3 Å². The van der Waals surface area contributed by atoms with E-state index in [2.05, 4.69) is 40.5 Å². The summed E-state index contributed by atoms with van der Waals surface area (Å²) in [6, 6.07) is 11.1. The third-order valence-electron chi connectivity index (χ3n) is 4.70.